The summed E-state index contributed by atoms with van der Waals surface area (Å²) in [7, 11) is 1.58. The second-order valence-electron chi connectivity index (χ2n) is 4.74. The molecule has 23 heavy (non-hydrogen) atoms. The lowest BCUT2D eigenvalue weighted by Gasteiger charge is -2.06. The zero-order valence-corrected chi connectivity index (χ0v) is 12.9. The van der Waals surface area contributed by atoms with Crippen molar-refractivity contribution in [3.63, 3.8) is 0 Å². The molecule has 0 spiro atoms. The molecule has 0 aliphatic rings. The SMILES string of the molecule is COc1ccc(/C=N/NC(=O)C(=O)Nc2ccccc2C)cc1. The van der Waals surface area contributed by atoms with Crippen molar-refractivity contribution in [2.24, 2.45) is 5.10 Å². The summed E-state index contributed by atoms with van der Waals surface area (Å²) in [6.45, 7) is 1.84. The fourth-order valence-corrected chi connectivity index (χ4v) is 1.80. The number of hydrazone groups is 1. The molecule has 2 N–H and O–H groups in total. The number of hydrogen-bond acceptors (Lipinski definition) is 4. The van der Waals surface area contributed by atoms with Crippen molar-refractivity contribution >= 4 is 23.7 Å². The van der Waals surface area contributed by atoms with E-state index in [1.807, 2.05) is 19.1 Å². The van der Waals surface area contributed by atoms with Crippen LogP contribution < -0.4 is 15.5 Å². The number of nitrogens with one attached hydrogen (secondary N) is 2. The van der Waals surface area contributed by atoms with Crippen molar-refractivity contribution in [3.05, 3.63) is 59.7 Å². The second kappa shape index (κ2) is 7.74. The van der Waals surface area contributed by atoms with Crippen LogP contribution in [-0.2, 0) is 9.59 Å². The van der Waals surface area contributed by atoms with Gasteiger partial charge in [0.15, 0.2) is 0 Å². The molecule has 0 aromatic heterocycles. The largest absolute Gasteiger partial charge is 0.497 e. The number of nitrogens with zero attached hydrogens (tertiary/aromatic N) is 1. The van der Waals surface area contributed by atoms with Crippen LogP contribution >= 0.6 is 0 Å². The highest BCUT2D eigenvalue weighted by Crippen LogP contribution is 2.12. The van der Waals surface area contributed by atoms with Crippen LogP contribution in [0.15, 0.2) is 53.6 Å². The molecule has 6 heteroatoms. The van der Waals surface area contributed by atoms with E-state index in [1.54, 1.807) is 43.5 Å². The summed E-state index contributed by atoms with van der Waals surface area (Å²) in [6, 6.07) is 14.3. The first-order valence-electron chi connectivity index (χ1n) is 6.94. The first kappa shape index (κ1) is 16.2. The summed E-state index contributed by atoms with van der Waals surface area (Å²) in [5.41, 5.74) is 4.42. The number of rotatable bonds is 4. The number of para-hydroxylation sites is 1. The van der Waals surface area contributed by atoms with Gasteiger partial charge in [-0.25, -0.2) is 5.43 Å². The Labute approximate surface area is 134 Å². The number of aryl methyl sites for hydroxylation is 1. The third-order valence-electron chi connectivity index (χ3n) is 3.10. The topological polar surface area (TPSA) is 79.8 Å². The molecule has 2 rings (SSSR count). The molecule has 0 unspecified atom stereocenters. The molecule has 0 bridgehead atoms. The van der Waals surface area contributed by atoms with Crippen molar-refractivity contribution in [2.75, 3.05) is 12.4 Å². The standard InChI is InChI=1S/C17H17N3O3/c1-12-5-3-4-6-15(12)19-16(21)17(22)20-18-11-13-7-9-14(23-2)10-8-13/h3-11H,1-2H3,(H,19,21)(H,20,22)/b18-11+. The van der Waals surface area contributed by atoms with Crippen molar-refractivity contribution in [1.29, 1.82) is 0 Å². The molecule has 0 saturated heterocycles. The van der Waals surface area contributed by atoms with E-state index in [-0.39, 0.29) is 0 Å². The number of carbonyl (C=O) groups excluding carboxylic acids is 2. The average molecular weight is 311 g/mol. The van der Waals surface area contributed by atoms with Gasteiger partial charge in [-0.1, -0.05) is 18.2 Å². The molecular weight excluding hydrogens is 294 g/mol. The third-order valence-corrected chi connectivity index (χ3v) is 3.10. The molecule has 118 valence electrons. The molecule has 0 saturated carbocycles. The predicted molar refractivity (Wildman–Crippen MR) is 88.5 cm³/mol. The number of hydrogen-bond donors (Lipinski definition) is 2. The summed E-state index contributed by atoms with van der Waals surface area (Å²) in [5.74, 6) is -0.881. The van der Waals surface area contributed by atoms with Crippen molar-refractivity contribution in [1.82, 2.24) is 5.43 Å². The Kier molecular flexibility index (Phi) is 5.46. The van der Waals surface area contributed by atoms with Crippen LogP contribution in [0.25, 0.3) is 0 Å². The van der Waals surface area contributed by atoms with Gasteiger partial charge in [-0.2, -0.15) is 5.10 Å². The van der Waals surface area contributed by atoms with E-state index >= 15 is 0 Å². The maximum Gasteiger partial charge on any atom is 0.329 e. The van der Waals surface area contributed by atoms with Crippen LogP contribution in [0.3, 0.4) is 0 Å². The number of benzene rings is 2. The molecule has 0 radical (unpaired) electrons. The Bertz CT molecular complexity index is 724. The Morgan fingerprint density at radius 2 is 1.74 bits per heavy atom. The van der Waals surface area contributed by atoms with Crippen LogP contribution in [0.1, 0.15) is 11.1 Å². The van der Waals surface area contributed by atoms with E-state index in [2.05, 4.69) is 15.8 Å². The Morgan fingerprint density at radius 1 is 1.04 bits per heavy atom. The lowest BCUT2D eigenvalue weighted by atomic mass is 10.2. The highest BCUT2D eigenvalue weighted by molar-refractivity contribution is 6.39. The zero-order valence-electron chi connectivity index (χ0n) is 12.9. The van der Waals surface area contributed by atoms with E-state index in [1.165, 1.54) is 6.21 Å². The van der Waals surface area contributed by atoms with Gasteiger partial charge in [-0.15, -0.1) is 0 Å². The highest BCUT2D eigenvalue weighted by Gasteiger charge is 2.13. The second-order valence-corrected chi connectivity index (χ2v) is 4.74. The van der Waals surface area contributed by atoms with Gasteiger partial charge in [0, 0.05) is 5.69 Å². The van der Waals surface area contributed by atoms with E-state index in [9.17, 15) is 9.59 Å². The molecule has 0 fully saturated rings. The Balaban J connectivity index is 1.89. The summed E-state index contributed by atoms with van der Waals surface area (Å²) in [6.07, 6.45) is 1.44. The van der Waals surface area contributed by atoms with Crippen molar-refractivity contribution < 1.29 is 14.3 Å². The first-order valence-corrected chi connectivity index (χ1v) is 6.94. The van der Waals surface area contributed by atoms with E-state index in [0.717, 1.165) is 16.9 Å². The number of ether oxygens (including phenoxy) is 1. The normalized spacial score (nSPS) is 10.3. The van der Waals surface area contributed by atoms with Gasteiger partial charge in [-0.05, 0) is 48.4 Å². The lowest BCUT2D eigenvalue weighted by Crippen LogP contribution is -2.32. The Morgan fingerprint density at radius 3 is 2.39 bits per heavy atom. The van der Waals surface area contributed by atoms with Gasteiger partial charge in [0.1, 0.15) is 5.75 Å². The summed E-state index contributed by atoms with van der Waals surface area (Å²) < 4.78 is 5.04. The predicted octanol–water partition coefficient (Wildman–Crippen LogP) is 2.09. The zero-order chi connectivity index (χ0) is 16.7. The molecule has 2 aromatic rings. The Hall–Kier alpha value is -3.15. The molecule has 2 amide bonds. The van der Waals surface area contributed by atoms with Crippen LogP contribution in [-0.4, -0.2) is 25.1 Å². The highest BCUT2D eigenvalue weighted by atomic mass is 16.5. The van der Waals surface area contributed by atoms with Crippen LogP contribution in [0.2, 0.25) is 0 Å². The number of amides is 2. The molecule has 2 aromatic carbocycles. The van der Waals surface area contributed by atoms with Crippen LogP contribution in [0, 0.1) is 6.92 Å². The summed E-state index contributed by atoms with van der Waals surface area (Å²) >= 11 is 0. The summed E-state index contributed by atoms with van der Waals surface area (Å²) in [5, 5.41) is 6.29. The molecule has 6 nitrogen and oxygen atoms in total. The molecule has 0 heterocycles. The van der Waals surface area contributed by atoms with Gasteiger partial charge in [-0.3, -0.25) is 9.59 Å². The van der Waals surface area contributed by atoms with Gasteiger partial charge < -0.3 is 10.1 Å². The first-order chi connectivity index (χ1) is 11.1. The smallest absolute Gasteiger partial charge is 0.329 e. The van der Waals surface area contributed by atoms with Crippen LogP contribution in [0.5, 0.6) is 5.75 Å². The number of methoxy groups -OCH3 is 1. The monoisotopic (exact) mass is 311 g/mol. The molecule has 0 atom stereocenters. The minimum Gasteiger partial charge on any atom is -0.497 e. The molecule has 0 aliphatic heterocycles. The fraction of sp³-hybridized carbons (Fsp3) is 0.118. The quantitative estimate of drug-likeness (QED) is 0.515. The van der Waals surface area contributed by atoms with Gasteiger partial charge >= 0.3 is 11.8 Å². The van der Waals surface area contributed by atoms with Crippen molar-refractivity contribution in [2.45, 2.75) is 6.92 Å². The average Bonchev–Trinajstić information content (AvgIpc) is 2.57. The lowest BCUT2D eigenvalue weighted by molar-refractivity contribution is -0.136. The van der Waals surface area contributed by atoms with Crippen LogP contribution in [0.4, 0.5) is 5.69 Å². The van der Waals surface area contributed by atoms with Gasteiger partial charge in [0.05, 0.1) is 13.3 Å². The minimum atomic E-state index is -0.835. The third kappa shape index (κ3) is 4.67. The number of carbonyl (C=O) groups is 2. The van der Waals surface area contributed by atoms with E-state index in [0.29, 0.717) is 5.69 Å². The number of anilines is 1. The molecular formula is C17H17N3O3. The summed E-state index contributed by atoms with van der Waals surface area (Å²) in [4.78, 5) is 23.5. The molecule has 0 aliphatic carbocycles. The fourth-order valence-electron chi connectivity index (χ4n) is 1.80. The maximum atomic E-state index is 11.8. The van der Waals surface area contributed by atoms with Gasteiger partial charge in [0.25, 0.3) is 0 Å². The van der Waals surface area contributed by atoms with E-state index in [4.69, 9.17) is 4.74 Å². The van der Waals surface area contributed by atoms with E-state index < -0.39 is 11.8 Å². The van der Waals surface area contributed by atoms with Gasteiger partial charge in [0.2, 0.25) is 0 Å². The minimum absolute atomic E-state index is 0.590. The maximum absolute atomic E-state index is 11.8. The van der Waals surface area contributed by atoms with Crippen molar-refractivity contribution in [3.8, 4) is 5.75 Å².